The normalized spacial score (nSPS) is 13.3. The third-order valence-corrected chi connectivity index (χ3v) is 1.99. The van der Waals surface area contributed by atoms with Crippen LogP contribution in [0.1, 0.15) is 24.0 Å². The molecule has 0 amide bonds. The van der Waals surface area contributed by atoms with Crippen molar-refractivity contribution in [1.29, 1.82) is 0 Å². The van der Waals surface area contributed by atoms with Crippen molar-refractivity contribution in [1.82, 2.24) is 9.55 Å². The Bertz CT molecular complexity index is 257. The minimum Gasteiger partial charge on any atom is -0.385 e. The SMILES string of the molecule is Cc1cnc(C(O)CCN)n1C. The third-order valence-electron chi connectivity index (χ3n) is 1.99. The van der Waals surface area contributed by atoms with Gasteiger partial charge in [-0.25, -0.2) is 4.98 Å². The zero-order chi connectivity index (χ0) is 9.14. The van der Waals surface area contributed by atoms with Crippen molar-refractivity contribution in [2.24, 2.45) is 12.8 Å². The van der Waals surface area contributed by atoms with Gasteiger partial charge in [-0.3, -0.25) is 0 Å². The minimum absolute atomic E-state index is 0.479. The predicted octanol–water partition coefficient (Wildman–Crippen LogP) is 0.111. The average molecular weight is 169 g/mol. The van der Waals surface area contributed by atoms with Crippen LogP contribution in [0.3, 0.4) is 0 Å². The van der Waals surface area contributed by atoms with Crippen LogP contribution in [0, 0.1) is 6.92 Å². The number of aryl methyl sites for hydroxylation is 1. The molecule has 1 rings (SSSR count). The highest BCUT2D eigenvalue weighted by Gasteiger charge is 2.12. The molecule has 68 valence electrons. The van der Waals surface area contributed by atoms with Gasteiger partial charge in [0.2, 0.25) is 0 Å². The molecule has 12 heavy (non-hydrogen) atoms. The Morgan fingerprint density at radius 3 is 2.83 bits per heavy atom. The fourth-order valence-electron chi connectivity index (χ4n) is 1.11. The fourth-order valence-corrected chi connectivity index (χ4v) is 1.11. The lowest BCUT2D eigenvalue weighted by molar-refractivity contribution is 0.157. The van der Waals surface area contributed by atoms with Crippen LogP contribution < -0.4 is 5.73 Å². The summed E-state index contributed by atoms with van der Waals surface area (Å²) in [6, 6.07) is 0. The second-order valence-electron chi connectivity index (χ2n) is 2.91. The number of imidazole rings is 1. The van der Waals surface area contributed by atoms with Gasteiger partial charge in [0.05, 0.1) is 0 Å². The van der Waals surface area contributed by atoms with Gasteiger partial charge in [0.25, 0.3) is 0 Å². The molecule has 1 aromatic heterocycles. The smallest absolute Gasteiger partial charge is 0.137 e. The average Bonchev–Trinajstić information content (AvgIpc) is 2.34. The summed E-state index contributed by atoms with van der Waals surface area (Å²) in [6.07, 6.45) is 1.77. The predicted molar refractivity (Wildman–Crippen MR) is 46.6 cm³/mol. The number of hydrogen-bond acceptors (Lipinski definition) is 3. The summed E-state index contributed by atoms with van der Waals surface area (Å²) in [7, 11) is 1.89. The number of aliphatic hydroxyl groups is 1. The molecule has 0 aliphatic carbocycles. The largest absolute Gasteiger partial charge is 0.385 e. The summed E-state index contributed by atoms with van der Waals surface area (Å²) in [5.74, 6) is 0.693. The Kier molecular flexibility index (Phi) is 2.83. The number of rotatable bonds is 3. The maximum absolute atomic E-state index is 9.55. The van der Waals surface area contributed by atoms with Crippen molar-refractivity contribution in [3.63, 3.8) is 0 Å². The number of nitrogens with two attached hydrogens (primary N) is 1. The first-order chi connectivity index (χ1) is 5.66. The minimum atomic E-state index is -0.534. The molecule has 1 unspecified atom stereocenters. The zero-order valence-corrected chi connectivity index (χ0v) is 7.49. The quantitative estimate of drug-likeness (QED) is 0.675. The number of aromatic nitrogens is 2. The van der Waals surface area contributed by atoms with E-state index in [1.807, 2.05) is 18.5 Å². The van der Waals surface area contributed by atoms with E-state index in [-0.39, 0.29) is 0 Å². The number of aliphatic hydroxyl groups excluding tert-OH is 1. The van der Waals surface area contributed by atoms with Gasteiger partial charge in [0, 0.05) is 18.9 Å². The molecule has 3 N–H and O–H groups in total. The van der Waals surface area contributed by atoms with Crippen LogP contribution in [0.5, 0.6) is 0 Å². The van der Waals surface area contributed by atoms with E-state index in [2.05, 4.69) is 4.98 Å². The van der Waals surface area contributed by atoms with Gasteiger partial charge in [0.15, 0.2) is 0 Å². The summed E-state index contributed by atoms with van der Waals surface area (Å²) in [4.78, 5) is 4.09. The first kappa shape index (κ1) is 9.22. The van der Waals surface area contributed by atoms with E-state index in [0.29, 0.717) is 18.8 Å². The zero-order valence-electron chi connectivity index (χ0n) is 7.49. The van der Waals surface area contributed by atoms with E-state index in [1.54, 1.807) is 6.20 Å². The molecule has 0 aromatic carbocycles. The van der Waals surface area contributed by atoms with E-state index in [9.17, 15) is 5.11 Å². The van der Waals surface area contributed by atoms with Crippen LogP contribution in [0.25, 0.3) is 0 Å². The molecule has 0 spiro atoms. The maximum atomic E-state index is 9.55. The second-order valence-corrected chi connectivity index (χ2v) is 2.91. The summed E-state index contributed by atoms with van der Waals surface area (Å²) in [6.45, 7) is 2.43. The van der Waals surface area contributed by atoms with Gasteiger partial charge in [-0.2, -0.15) is 0 Å². The molecule has 0 aliphatic rings. The lowest BCUT2D eigenvalue weighted by Gasteiger charge is -2.09. The monoisotopic (exact) mass is 169 g/mol. The molecule has 0 radical (unpaired) electrons. The van der Waals surface area contributed by atoms with E-state index >= 15 is 0 Å². The molecule has 0 saturated carbocycles. The third kappa shape index (κ3) is 1.65. The Labute approximate surface area is 72.0 Å². The fraction of sp³-hybridized carbons (Fsp3) is 0.625. The number of nitrogens with zero attached hydrogens (tertiary/aromatic N) is 2. The van der Waals surface area contributed by atoms with E-state index in [0.717, 1.165) is 5.69 Å². The van der Waals surface area contributed by atoms with Crippen molar-refractivity contribution >= 4 is 0 Å². The Hall–Kier alpha value is -0.870. The first-order valence-corrected chi connectivity index (χ1v) is 4.03. The molecule has 0 saturated heterocycles. The van der Waals surface area contributed by atoms with Gasteiger partial charge in [-0.1, -0.05) is 0 Å². The van der Waals surface area contributed by atoms with Crippen molar-refractivity contribution in [2.45, 2.75) is 19.4 Å². The van der Waals surface area contributed by atoms with Crippen LogP contribution in [0.2, 0.25) is 0 Å². The van der Waals surface area contributed by atoms with Crippen LogP contribution in [-0.4, -0.2) is 21.2 Å². The number of hydrogen-bond donors (Lipinski definition) is 2. The highest BCUT2D eigenvalue weighted by Crippen LogP contribution is 2.14. The molecule has 0 aliphatic heterocycles. The Morgan fingerprint density at radius 1 is 1.75 bits per heavy atom. The highest BCUT2D eigenvalue weighted by atomic mass is 16.3. The van der Waals surface area contributed by atoms with Gasteiger partial charge in [-0.15, -0.1) is 0 Å². The van der Waals surface area contributed by atoms with Crippen molar-refractivity contribution < 1.29 is 5.11 Å². The molecular formula is C8H15N3O. The lowest BCUT2D eigenvalue weighted by atomic mass is 10.2. The van der Waals surface area contributed by atoms with Gasteiger partial charge in [-0.05, 0) is 19.9 Å². The van der Waals surface area contributed by atoms with Gasteiger partial charge >= 0.3 is 0 Å². The molecule has 1 aromatic rings. The van der Waals surface area contributed by atoms with Crippen LogP contribution >= 0.6 is 0 Å². The molecule has 0 fully saturated rings. The van der Waals surface area contributed by atoms with Crippen molar-refractivity contribution in [2.75, 3.05) is 6.54 Å². The van der Waals surface area contributed by atoms with Crippen LogP contribution in [-0.2, 0) is 7.05 Å². The topological polar surface area (TPSA) is 64.1 Å². The maximum Gasteiger partial charge on any atom is 0.137 e. The van der Waals surface area contributed by atoms with Crippen LogP contribution in [0.4, 0.5) is 0 Å². The summed E-state index contributed by atoms with van der Waals surface area (Å²) < 4.78 is 1.88. The summed E-state index contributed by atoms with van der Waals surface area (Å²) in [5.41, 5.74) is 6.37. The molecule has 4 nitrogen and oxygen atoms in total. The van der Waals surface area contributed by atoms with E-state index < -0.39 is 6.10 Å². The Morgan fingerprint density at radius 2 is 2.42 bits per heavy atom. The van der Waals surface area contributed by atoms with Gasteiger partial charge in [0.1, 0.15) is 11.9 Å². The second kappa shape index (κ2) is 3.69. The van der Waals surface area contributed by atoms with Crippen molar-refractivity contribution in [3.8, 4) is 0 Å². The Balaban J connectivity index is 2.80. The molecule has 4 heteroatoms. The van der Waals surface area contributed by atoms with Crippen LogP contribution in [0.15, 0.2) is 6.20 Å². The standard InChI is InChI=1S/C8H15N3O/c1-6-5-10-8(11(6)2)7(12)3-4-9/h5,7,12H,3-4,9H2,1-2H3. The van der Waals surface area contributed by atoms with E-state index in [4.69, 9.17) is 5.73 Å². The molecule has 1 heterocycles. The molecule has 0 bridgehead atoms. The first-order valence-electron chi connectivity index (χ1n) is 4.03. The van der Waals surface area contributed by atoms with E-state index in [1.165, 1.54) is 0 Å². The lowest BCUT2D eigenvalue weighted by Crippen LogP contribution is -2.11. The molecule has 1 atom stereocenters. The summed E-state index contributed by atoms with van der Waals surface area (Å²) >= 11 is 0. The molecular weight excluding hydrogens is 154 g/mol. The summed E-state index contributed by atoms with van der Waals surface area (Å²) in [5, 5.41) is 9.55. The highest BCUT2D eigenvalue weighted by molar-refractivity contribution is 5.04. The van der Waals surface area contributed by atoms with Gasteiger partial charge < -0.3 is 15.4 Å². The van der Waals surface area contributed by atoms with Crippen molar-refractivity contribution in [3.05, 3.63) is 17.7 Å².